The van der Waals surface area contributed by atoms with E-state index in [2.05, 4.69) is 5.32 Å². The zero-order valence-corrected chi connectivity index (χ0v) is 11.1. The minimum Gasteiger partial charge on any atom is -0.486 e. The molecule has 64 valence electrons. The second kappa shape index (κ2) is 6.70. The maximum absolute atomic E-state index is 7.13. The van der Waals surface area contributed by atoms with Gasteiger partial charge < -0.3 is 16.5 Å². The van der Waals surface area contributed by atoms with Gasteiger partial charge in [0.1, 0.15) is 0 Å². The summed E-state index contributed by atoms with van der Waals surface area (Å²) >= 11 is 0. The first-order valence-electron chi connectivity index (χ1n) is 3.76. The largest absolute Gasteiger partial charge is 1.00 e. The average molecular weight is 201 g/mol. The van der Waals surface area contributed by atoms with Gasteiger partial charge in [-0.2, -0.15) is 0 Å². The van der Waals surface area contributed by atoms with Gasteiger partial charge in [0.2, 0.25) is 0 Å². The molecule has 0 amide bonds. The van der Waals surface area contributed by atoms with Crippen molar-refractivity contribution in [3.63, 3.8) is 0 Å². The summed E-state index contributed by atoms with van der Waals surface area (Å²) in [5, 5.41) is 11.0. The topological polar surface area (TPSA) is 64.0 Å². The van der Waals surface area contributed by atoms with Crippen LogP contribution in [0.5, 0.6) is 0 Å². The van der Waals surface area contributed by atoms with Gasteiger partial charge >= 0.3 is 51.4 Å². The fourth-order valence-electron chi connectivity index (χ4n) is 0.933. The molecular formula is C9H12KN3. The van der Waals surface area contributed by atoms with E-state index in [1.807, 2.05) is 30.3 Å². The van der Waals surface area contributed by atoms with E-state index >= 15 is 0 Å². The summed E-state index contributed by atoms with van der Waals surface area (Å²) in [6.45, 7) is 1.61. The molecule has 0 saturated carbocycles. The van der Waals surface area contributed by atoms with Crippen molar-refractivity contribution in [1.82, 2.24) is 0 Å². The van der Waals surface area contributed by atoms with Gasteiger partial charge in [-0.1, -0.05) is 36.2 Å². The van der Waals surface area contributed by atoms with Crippen molar-refractivity contribution in [3.8, 4) is 0 Å². The van der Waals surface area contributed by atoms with Gasteiger partial charge in [-0.25, -0.2) is 0 Å². The van der Waals surface area contributed by atoms with Crippen LogP contribution in [0.4, 0.5) is 0 Å². The molecule has 13 heavy (non-hydrogen) atoms. The predicted octanol–water partition coefficient (Wildman–Crippen LogP) is -0.981. The molecule has 4 heteroatoms. The van der Waals surface area contributed by atoms with Crippen molar-refractivity contribution in [2.24, 2.45) is 5.73 Å². The molecule has 0 bridgehead atoms. The first kappa shape index (κ1) is 13.3. The normalized spacial score (nSPS) is 11.2. The van der Waals surface area contributed by atoms with E-state index in [4.69, 9.17) is 11.1 Å². The molecule has 3 nitrogen and oxygen atoms in total. The van der Waals surface area contributed by atoms with Crippen molar-refractivity contribution in [2.45, 2.75) is 13.1 Å². The molecule has 0 aromatic heterocycles. The predicted molar refractivity (Wildman–Crippen MR) is 50.1 cm³/mol. The van der Waals surface area contributed by atoms with E-state index in [1.54, 1.807) is 6.92 Å². The second-order valence-electron chi connectivity index (χ2n) is 2.57. The Balaban J connectivity index is 0.00000144. The van der Waals surface area contributed by atoms with E-state index < -0.39 is 6.17 Å². The zero-order valence-electron chi connectivity index (χ0n) is 7.99. The monoisotopic (exact) mass is 201 g/mol. The van der Waals surface area contributed by atoms with E-state index in [0.717, 1.165) is 5.56 Å². The number of nitrogens with one attached hydrogen (secondary N) is 1. The Morgan fingerprint density at radius 2 is 1.92 bits per heavy atom. The van der Waals surface area contributed by atoms with E-state index in [9.17, 15) is 0 Å². The molecule has 0 aliphatic carbocycles. The molecule has 0 aliphatic rings. The number of rotatable bonds is 2. The summed E-state index contributed by atoms with van der Waals surface area (Å²) in [5.74, 6) is 0.256. The van der Waals surface area contributed by atoms with Crippen molar-refractivity contribution in [3.05, 3.63) is 41.2 Å². The number of amidine groups is 1. The smallest absolute Gasteiger partial charge is 0.486 e. The summed E-state index contributed by atoms with van der Waals surface area (Å²) in [6.07, 6.45) is -0.399. The molecule has 0 heterocycles. The minimum absolute atomic E-state index is 0. The SMILES string of the molecule is CC(=N)[N-]C(N)c1ccccc1.[K+]. The number of benzene rings is 1. The molecule has 1 aromatic carbocycles. The molecule has 0 spiro atoms. The van der Waals surface area contributed by atoms with Gasteiger partial charge in [-0.05, 0) is 12.5 Å². The third kappa shape index (κ3) is 4.90. The summed E-state index contributed by atoms with van der Waals surface area (Å²) in [4.78, 5) is 0. The third-order valence-corrected chi connectivity index (χ3v) is 1.47. The standard InChI is InChI=1S/C9H12N3.K/c1-7(10)12-9(11)8-5-3-2-4-6-8;/h2-6,9H,11H2,1H3,(H-,10,12);/q-1;+1. The van der Waals surface area contributed by atoms with Gasteiger partial charge in [0.15, 0.2) is 0 Å². The van der Waals surface area contributed by atoms with Crippen molar-refractivity contribution in [2.75, 3.05) is 0 Å². The molecular weight excluding hydrogens is 189 g/mol. The molecule has 1 unspecified atom stereocenters. The minimum atomic E-state index is -0.399. The Kier molecular flexibility index (Phi) is 6.85. The molecule has 0 fully saturated rings. The van der Waals surface area contributed by atoms with Gasteiger partial charge in [0.05, 0.1) is 0 Å². The summed E-state index contributed by atoms with van der Waals surface area (Å²) in [7, 11) is 0. The number of hydrogen-bond donors (Lipinski definition) is 2. The first-order chi connectivity index (χ1) is 5.70. The molecule has 1 aromatic rings. The Morgan fingerprint density at radius 1 is 1.38 bits per heavy atom. The van der Waals surface area contributed by atoms with Crippen LogP contribution in [0.3, 0.4) is 0 Å². The summed E-state index contributed by atoms with van der Waals surface area (Å²) in [5.41, 5.74) is 6.62. The second-order valence-corrected chi connectivity index (χ2v) is 2.57. The molecule has 3 N–H and O–H groups in total. The number of hydrogen-bond acceptors (Lipinski definition) is 2. The molecule has 1 atom stereocenters. The van der Waals surface area contributed by atoms with Crippen LogP contribution in [0.15, 0.2) is 30.3 Å². The number of nitrogens with zero attached hydrogens (tertiary/aromatic N) is 1. The maximum Gasteiger partial charge on any atom is 1.00 e. The molecule has 0 saturated heterocycles. The Bertz CT molecular complexity index is 261. The van der Waals surface area contributed by atoms with Crippen LogP contribution in [-0.4, -0.2) is 5.84 Å². The van der Waals surface area contributed by atoms with Crippen LogP contribution in [0, 0.1) is 5.41 Å². The van der Waals surface area contributed by atoms with Crippen LogP contribution < -0.4 is 57.1 Å². The number of nitrogens with two attached hydrogens (primary N) is 1. The molecule has 0 aliphatic heterocycles. The van der Waals surface area contributed by atoms with Crippen molar-refractivity contribution >= 4 is 5.84 Å². The van der Waals surface area contributed by atoms with Crippen LogP contribution in [0.2, 0.25) is 0 Å². The fraction of sp³-hybridized carbons (Fsp3) is 0.222. The van der Waals surface area contributed by atoms with Crippen LogP contribution in [0.1, 0.15) is 18.7 Å². The van der Waals surface area contributed by atoms with Gasteiger partial charge in [0, 0.05) is 6.17 Å². The van der Waals surface area contributed by atoms with Gasteiger partial charge in [-0.3, -0.25) is 0 Å². The summed E-state index contributed by atoms with van der Waals surface area (Å²) < 4.78 is 0. The average Bonchev–Trinajstić information content (AvgIpc) is 2.05. The van der Waals surface area contributed by atoms with Crippen LogP contribution in [-0.2, 0) is 0 Å². The van der Waals surface area contributed by atoms with E-state index in [-0.39, 0.29) is 57.2 Å². The Hall–Kier alpha value is 0.286. The summed E-state index contributed by atoms with van der Waals surface area (Å²) in [6, 6.07) is 9.54. The Labute approximate surface area is 121 Å². The quantitative estimate of drug-likeness (QED) is 0.360. The fourth-order valence-corrected chi connectivity index (χ4v) is 0.933. The van der Waals surface area contributed by atoms with E-state index in [0.29, 0.717) is 0 Å². The zero-order chi connectivity index (χ0) is 8.97. The van der Waals surface area contributed by atoms with Crippen LogP contribution >= 0.6 is 0 Å². The van der Waals surface area contributed by atoms with Gasteiger partial charge in [0.25, 0.3) is 0 Å². The van der Waals surface area contributed by atoms with Crippen LogP contribution in [0.25, 0.3) is 5.32 Å². The maximum atomic E-state index is 7.13. The third-order valence-electron chi connectivity index (χ3n) is 1.47. The van der Waals surface area contributed by atoms with Gasteiger partial charge in [-0.15, -0.1) is 0 Å². The molecule has 1 rings (SSSR count). The first-order valence-corrected chi connectivity index (χ1v) is 3.76. The van der Waals surface area contributed by atoms with E-state index in [1.165, 1.54) is 0 Å². The molecule has 0 radical (unpaired) electrons. The Morgan fingerprint density at radius 3 is 2.38 bits per heavy atom. The van der Waals surface area contributed by atoms with Crippen molar-refractivity contribution in [1.29, 1.82) is 5.41 Å². The van der Waals surface area contributed by atoms with Crippen molar-refractivity contribution < 1.29 is 51.4 Å².